The Balaban J connectivity index is 2.23. The second-order valence-electron chi connectivity index (χ2n) is 3.59. The molecular weight excluding hydrogens is 170 g/mol. The predicted molar refractivity (Wildman–Crippen MR) is 45.1 cm³/mol. The van der Waals surface area contributed by atoms with Gasteiger partial charge in [-0.15, -0.1) is 0 Å². The molecule has 2 atom stereocenters. The minimum atomic E-state index is -0.183. The second kappa shape index (κ2) is 2.78. The summed E-state index contributed by atoms with van der Waals surface area (Å²) in [6.07, 6.45) is 0. The first kappa shape index (κ1) is 8.65. The molecule has 5 nitrogen and oxygen atoms in total. The van der Waals surface area contributed by atoms with E-state index < -0.39 is 0 Å². The third-order valence-electron chi connectivity index (χ3n) is 2.83. The van der Waals surface area contributed by atoms with E-state index in [0.717, 1.165) is 0 Å². The fraction of sp³-hybridized carbons (Fsp3) is 0.750. The zero-order valence-corrected chi connectivity index (χ0v) is 7.56. The second-order valence-corrected chi connectivity index (χ2v) is 3.59. The molecular formula is C8H13N3O2. The summed E-state index contributed by atoms with van der Waals surface area (Å²) >= 11 is 0. The lowest BCUT2D eigenvalue weighted by Crippen LogP contribution is -2.38. The summed E-state index contributed by atoms with van der Waals surface area (Å²) in [7, 11) is 0. The number of hydrogen-bond acceptors (Lipinski definition) is 4. The number of fused-ring (bicyclic) bond motifs is 1. The van der Waals surface area contributed by atoms with Gasteiger partial charge < -0.3 is 0 Å². The summed E-state index contributed by atoms with van der Waals surface area (Å²) in [5.74, 6) is 5.08. The van der Waals surface area contributed by atoms with Crippen molar-refractivity contribution in [3.05, 3.63) is 0 Å². The summed E-state index contributed by atoms with van der Waals surface area (Å²) in [5, 5.41) is 1.55. The van der Waals surface area contributed by atoms with Gasteiger partial charge in [-0.2, -0.15) is 0 Å². The van der Waals surface area contributed by atoms with Crippen LogP contribution < -0.4 is 5.84 Å². The van der Waals surface area contributed by atoms with Gasteiger partial charge in [0.15, 0.2) is 0 Å². The Morgan fingerprint density at radius 1 is 1.31 bits per heavy atom. The van der Waals surface area contributed by atoms with Crippen LogP contribution in [0.2, 0.25) is 0 Å². The van der Waals surface area contributed by atoms with Crippen molar-refractivity contribution in [3.8, 4) is 0 Å². The van der Waals surface area contributed by atoms with E-state index in [2.05, 4.69) is 0 Å². The highest BCUT2D eigenvalue weighted by molar-refractivity contribution is 6.05. The average molecular weight is 183 g/mol. The van der Waals surface area contributed by atoms with Gasteiger partial charge >= 0.3 is 0 Å². The highest BCUT2D eigenvalue weighted by Gasteiger charge is 2.51. The van der Waals surface area contributed by atoms with E-state index in [1.807, 2.05) is 6.92 Å². The smallest absolute Gasteiger partial charge is 0.234 e. The molecule has 72 valence electrons. The molecule has 0 unspecified atom stereocenters. The lowest BCUT2D eigenvalue weighted by atomic mass is 10.00. The molecule has 0 bridgehead atoms. The predicted octanol–water partition coefficient (Wildman–Crippen LogP) is -1.20. The topological polar surface area (TPSA) is 66.6 Å². The van der Waals surface area contributed by atoms with Crippen LogP contribution in [-0.4, -0.2) is 41.4 Å². The summed E-state index contributed by atoms with van der Waals surface area (Å²) < 4.78 is 0. The van der Waals surface area contributed by atoms with Gasteiger partial charge in [-0.1, -0.05) is 0 Å². The molecule has 2 heterocycles. The lowest BCUT2D eigenvalue weighted by Gasteiger charge is -2.15. The van der Waals surface area contributed by atoms with Crippen LogP contribution in [0.3, 0.4) is 0 Å². The van der Waals surface area contributed by atoms with Crippen LogP contribution in [0.5, 0.6) is 0 Å². The molecule has 2 fully saturated rings. The minimum Gasteiger partial charge on any atom is -0.282 e. The van der Waals surface area contributed by atoms with Crippen molar-refractivity contribution in [2.75, 3.05) is 19.6 Å². The monoisotopic (exact) mass is 183 g/mol. The van der Waals surface area contributed by atoms with E-state index in [0.29, 0.717) is 19.6 Å². The Hall–Kier alpha value is -0.940. The van der Waals surface area contributed by atoms with Gasteiger partial charge in [0, 0.05) is 19.6 Å². The molecule has 5 heteroatoms. The Bertz CT molecular complexity index is 242. The zero-order valence-electron chi connectivity index (χ0n) is 7.56. The molecule has 0 aromatic carbocycles. The molecule has 2 N–H and O–H groups in total. The summed E-state index contributed by atoms with van der Waals surface area (Å²) in [5.41, 5.74) is 0. The van der Waals surface area contributed by atoms with Crippen LogP contribution in [-0.2, 0) is 9.59 Å². The van der Waals surface area contributed by atoms with E-state index in [9.17, 15) is 9.59 Å². The summed E-state index contributed by atoms with van der Waals surface area (Å²) in [4.78, 5) is 24.5. The van der Waals surface area contributed by atoms with Crippen molar-refractivity contribution in [1.82, 2.24) is 9.91 Å². The van der Waals surface area contributed by atoms with Crippen molar-refractivity contribution in [1.29, 1.82) is 0 Å². The highest BCUT2D eigenvalue weighted by Crippen LogP contribution is 2.31. The van der Waals surface area contributed by atoms with Gasteiger partial charge in [-0.3, -0.25) is 20.3 Å². The molecule has 0 aromatic heterocycles. The van der Waals surface area contributed by atoms with Crippen LogP contribution in [0, 0.1) is 11.8 Å². The number of imide groups is 1. The van der Waals surface area contributed by atoms with Gasteiger partial charge in [0.05, 0.1) is 11.8 Å². The van der Waals surface area contributed by atoms with Crippen molar-refractivity contribution in [3.63, 3.8) is 0 Å². The number of amides is 2. The molecule has 2 rings (SSSR count). The van der Waals surface area contributed by atoms with E-state index in [1.54, 1.807) is 5.01 Å². The van der Waals surface area contributed by atoms with Gasteiger partial charge in [0.2, 0.25) is 11.8 Å². The molecule has 2 aliphatic heterocycles. The van der Waals surface area contributed by atoms with Crippen LogP contribution in [0.15, 0.2) is 0 Å². The first-order valence-electron chi connectivity index (χ1n) is 4.50. The normalized spacial score (nSPS) is 34.5. The number of hydrogen-bond donors (Lipinski definition) is 1. The van der Waals surface area contributed by atoms with Crippen LogP contribution in [0.1, 0.15) is 6.92 Å². The van der Waals surface area contributed by atoms with Crippen molar-refractivity contribution >= 4 is 11.8 Å². The van der Waals surface area contributed by atoms with Crippen LogP contribution in [0.25, 0.3) is 0 Å². The summed E-state index contributed by atoms with van der Waals surface area (Å²) in [6, 6.07) is 0. The molecule has 2 saturated heterocycles. The number of carbonyl (C=O) groups excluding carboxylic acids is 2. The zero-order chi connectivity index (χ0) is 9.59. The molecule has 2 aliphatic rings. The average Bonchev–Trinajstić information content (AvgIpc) is 2.55. The van der Waals surface area contributed by atoms with Gasteiger partial charge in [0.1, 0.15) is 0 Å². The fourth-order valence-electron chi connectivity index (χ4n) is 2.16. The van der Waals surface area contributed by atoms with E-state index in [4.69, 9.17) is 5.84 Å². The summed E-state index contributed by atoms with van der Waals surface area (Å²) in [6.45, 7) is 3.34. The first-order valence-corrected chi connectivity index (χ1v) is 4.50. The quantitative estimate of drug-likeness (QED) is 0.409. The lowest BCUT2D eigenvalue weighted by molar-refractivity contribution is -0.140. The first-order chi connectivity index (χ1) is 6.15. The van der Waals surface area contributed by atoms with E-state index in [1.165, 1.54) is 4.90 Å². The SMILES string of the molecule is CCN1C(=O)[C@H]2CN(N)C[C@H]2C1=O. The number of carbonyl (C=O) groups is 2. The fourth-order valence-corrected chi connectivity index (χ4v) is 2.16. The molecule has 0 saturated carbocycles. The Morgan fingerprint density at radius 2 is 1.77 bits per heavy atom. The molecule has 0 aliphatic carbocycles. The standard InChI is InChI=1S/C8H13N3O2/c1-2-11-7(12)5-3-10(9)4-6(5)8(11)13/h5-6H,2-4,9H2,1H3/t5-,6+. The van der Waals surface area contributed by atoms with Crippen molar-refractivity contribution < 1.29 is 9.59 Å². The Morgan fingerprint density at radius 3 is 2.15 bits per heavy atom. The number of nitrogens with zero attached hydrogens (tertiary/aromatic N) is 2. The number of rotatable bonds is 1. The number of nitrogens with two attached hydrogens (primary N) is 1. The van der Waals surface area contributed by atoms with Crippen molar-refractivity contribution in [2.24, 2.45) is 17.7 Å². The van der Waals surface area contributed by atoms with Gasteiger partial charge in [-0.25, -0.2) is 5.01 Å². The number of likely N-dealkylation sites (tertiary alicyclic amines) is 1. The Labute approximate surface area is 76.4 Å². The minimum absolute atomic E-state index is 0.0505. The maximum Gasteiger partial charge on any atom is 0.234 e. The van der Waals surface area contributed by atoms with Crippen LogP contribution in [0.4, 0.5) is 0 Å². The highest BCUT2D eigenvalue weighted by atomic mass is 16.2. The number of hydrazine groups is 1. The van der Waals surface area contributed by atoms with Crippen LogP contribution >= 0.6 is 0 Å². The maximum absolute atomic E-state index is 11.6. The van der Waals surface area contributed by atoms with Gasteiger partial charge in [0.25, 0.3) is 0 Å². The Kier molecular flexibility index (Phi) is 1.85. The largest absolute Gasteiger partial charge is 0.282 e. The van der Waals surface area contributed by atoms with Gasteiger partial charge in [-0.05, 0) is 6.92 Å². The molecule has 2 amide bonds. The van der Waals surface area contributed by atoms with Crippen molar-refractivity contribution in [2.45, 2.75) is 6.92 Å². The van der Waals surface area contributed by atoms with E-state index >= 15 is 0 Å². The maximum atomic E-state index is 11.6. The molecule has 0 spiro atoms. The van der Waals surface area contributed by atoms with E-state index in [-0.39, 0.29) is 23.7 Å². The third kappa shape index (κ3) is 1.08. The molecule has 0 radical (unpaired) electrons. The molecule has 0 aromatic rings. The molecule has 13 heavy (non-hydrogen) atoms. The third-order valence-corrected chi connectivity index (χ3v) is 2.83.